The Morgan fingerprint density at radius 1 is 1.00 bits per heavy atom. The first-order valence-electron chi connectivity index (χ1n) is 16.4. The number of carboxylic acids is 2. The predicted octanol–water partition coefficient (Wildman–Crippen LogP) is 7.99. The molecular weight excluding hydrogens is 696 g/mol. The van der Waals surface area contributed by atoms with Crippen LogP contribution in [0, 0.1) is 11.2 Å². The number of carboxylic acid groups (broad SMARTS) is 2. The zero-order valence-corrected chi connectivity index (χ0v) is 30.0. The van der Waals surface area contributed by atoms with E-state index in [1.165, 1.54) is 31.4 Å². The van der Waals surface area contributed by atoms with E-state index in [1.54, 1.807) is 42.5 Å². The van der Waals surface area contributed by atoms with E-state index >= 15 is 4.39 Å². The lowest BCUT2D eigenvalue weighted by molar-refractivity contribution is -0.118. The van der Waals surface area contributed by atoms with Gasteiger partial charge in [-0.1, -0.05) is 80.4 Å². The number of halogens is 3. The first kappa shape index (κ1) is 36.2. The van der Waals surface area contributed by atoms with E-state index in [-0.39, 0.29) is 45.1 Å². The Balaban J connectivity index is 1.54. The molecule has 6 rings (SSSR count). The van der Waals surface area contributed by atoms with E-state index in [9.17, 15) is 24.6 Å². The van der Waals surface area contributed by atoms with E-state index in [4.69, 9.17) is 27.9 Å². The van der Waals surface area contributed by atoms with Crippen LogP contribution in [0.2, 0.25) is 10.0 Å². The number of carbonyl (C=O) groups is 3. The summed E-state index contributed by atoms with van der Waals surface area (Å²) in [5.74, 6) is -4.01. The van der Waals surface area contributed by atoms with E-state index in [1.807, 2.05) is 12.1 Å². The van der Waals surface area contributed by atoms with Gasteiger partial charge in [-0.15, -0.1) is 0 Å². The maximum Gasteiger partial charge on any atom is 0.336 e. The third-order valence-corrected chi connectivity index (χ3v) is 10.4. The Bertz CT molecular complexity index is 2030. The summed E-state index contributed by atoms with van der Waals surface area (Å²) in [5.41, 5.74) is 1.62. The molecule has 2 heterocycles. The second-order valence-electron chi connectivity index (χ2n) is 14.3. The Kier molecular flexibility index (Phi) is 9.80. The number of ether oxygens (including phenoxy) is 1. The van der Waals surface area contributed by atoms with E-state index in [0.29, 0.717) is 23.6 Å². The molecule has 2 aliphatic rings. The fraction of sp³-hybridized carbons (Fsp3) is 0.308. The van der Waals surface area contributed by atoms with Crippen LogP contribution < -0.4 is 20.3 Å². The lowest BCUT2D eigenvalue weighted by Gasteiger charge is -2.40. The van der Waals surface area contributed by atoms with Crippen LogP contribution in [0.1, 0.15) is 70.5 Å². The van der Waals surface area contributed by atoms with Gasteiger partial charge in [-0.3, -0.25) is 4.79 Å². The molecule has 1 spiro atoms. The molecule has 9 nitrogen and oxygen atoms in total. The van der Waals surface area contributed by atoms with Crippen molar-refractivity contribution in [3.8, 4) is 5.75 Å². The Labute approximate surface area is 305 Å². The lowest BCUT2D eigenvalue weighted by Crippen LogP contribution is -2.48. The minimum atomic E-state index is -1.15. The van der Waals surface area contributed by atoms with Gasteiger partial charge in [0.15, 0.2) is 0 Å². The first-order valence-corrected chi connectivity index (χ1v) is 17.2. The van der Waals surface area contributed by atoms with Gasteiger partial charge in [0.2, 0.25) is 5.91 Å². The molecule has 0 bridgehead atoms. The fourth-order valence-electron chi connectivity index (χ4n) is 7.84. The number of hydrogen-bond donors (Lipinski definition) is 4. The quantitative estimate of drug-likeness (QED) is 0.136. The second-order valence-corrected chi connectivity index (χ2v) is 15.2. The molecule has 0 aromatic heterocycles. The molecule has 0 saturated carbocycles. The Morgan fingerprint density at radius 2 is 1.75 bits per heavy atom. The van der Waals surface area contributed by atoms with Gasteiger partial charge in [0.1, 0.15) is 11.6 Å². The summed E-state index contributed by atoms with van der Waals surface area (Å²) in [6.45, 7) is 6.80. The summed E-state index contributed by atoms with van der Waals surface area (Å²) < 4.78 is 21.9. The zero-order valence-electron chi connectivity index (χ0n) is 28.5. The molecule has 4 N–H and O–H groups in total. The van der Waals surface area contributed by atoms with Crippen molar-refractivity contribution in [1.82, 2.24) is 5.32 Å². The number of methoxy groups -OCH3 is 1. The SMILES string of the molecule is COc1cc(C(=O)O)ccc1NC(=O)[C@@H]1NC(CC(C)(C)C)[C@@]2(CN(Cc3ccccc3C(=O)O)c3cc(Cl)ccc32)[C@H]1c1cccc(Cl)c1F. The maximum atomic E-state index is 16.4. The van der Waals surface area contributed by atoms with Crippen molar-refractivity contribution in [2.45, 2.75) is 57.2 Å². The summed E-state index contributed by atoms with van der Waals surface area (Å²) in [6.07, 6.45) is 0.577. The predicted molar refractivity (Wildman–Crippen MR) is 195 cm³/mol. The van der Waals surface area contributed by atoms with Gasteiger partial charge < -0.3 is 30.5 Å². The topological polar surface area (TPSA) is 128 Å². The van der Waals surface area contributed by atoms with Crippen molar-refractivity contribution in [1.29, 1.82) is 0 Å². The molecule has 4 atom stereocenters. The third kappa shape index (κ3) is 6.76. The number of carbonyl (C=O) groups excluding carboxylic acids is 1. The molecule has 1 unspecified atom stereocenters. The van der Waals surface area contributed by atoms with Gasteiger partial charge >= 0.3 is 11.9 Å². The molecule has 2 aliphatic heterocycles. The van der Waals surface area contributed by atoms with E-state index < -0.39 is 47.1 Å². The first-order chi connectivity index (χ1) is 24.1. The van der Waals surface area contributed by atoms with Gasteiger partial charge in [-0.2, -0.15) is 0 Å². The van der Waals surface area contributed by atoms with Crippen molar-refractivity contribution < 1.29 is 33.7 Å². The minimum absolute atomic E-state index is 0.0160. The second kappa shape index (κ2) is 13.8. The smallest absolute Gasteiger partial charge is 0.336 e. The van der Waals surface area contributed by atoms with E-state index in [0.717, 1.165) is 11.3 Å². The van der Waals surface area contributed by atoms with Gasteiger partial charge in [0.25, 0.3) is 0 Å². The molecule has 0 radical (unpaired) electrons. The molecule has 51 heavy (non-hydrogen) atoms. The van der Waals surface area contributed by atoms with Gasteiger partial charge in [0.05, 0.1) is 35.0 Å². The minimum Gasteiger partial charge on any atom is -0.495 e. The molecule has 1 amide bonds. The molecule has 1 fully saturated rings. The van der Waals surface area contributed by atoms with Gasteiger partial charge in [-0.05, 0) is 71.0 Å². The molecular formula is C39H38Cl2FN3O6. The summed E-state index contributed by atoms with van der Waals surface area (Å²) in [6, 6.07) is 19.8. The van der Waals surface area contributed by atoms with Crippen LogP contribution in [0.5, 0.6) is 5.75 Å². The number of benzene rings is 4. The zero-order chi connectivity index (χ0) is 36.8. The number of anilines is 2. The highest BCUT2D eigenvalue weighted by molar-refractivity contribution is 6.31. The summed E-state index contributed by atoms with van der Waals surface area (Å²) in [7, 11) is 1.38. The number of nitrogens with one attached hydrogen (secondary N) is 2. The van der Waals surface area contributed by atoms with Crippen LogP contribution in [0.25, 0.3) is 0 Å². The summed E-state index contributed by atoms with van der Waals surface area (Å²) >= 11 is 13.0. The van der Waals surface area contributed by atoms with Crippen LogP contribution in [0.15, 0.2) is 78.9 Å². The largest absolute Gasteiger partial charge is 0.495 e. The van der Waals surface area contributed by atoms with Crippen LogP contribution in [-0.4, -0.2) is 53.8 Å². The van der Waals surface area contributed by atoms with Crippen molar-refractivity contribution >= 4 is 52.4 Å². The standard InChI is InChI=1S/C39H38Cl2FN3O6/c1-38(2,3)18-31-39(20-45(29-17-23(40)13-14-26(29)39)19-22-8-5-6-9-24(22)37(49)50)32(25-10-7-11-27(41)33(25)42)34(44-31)35(46)43-28-15-12-21(36(47)48)16-30(28)51-4/h5-17,31-32,34,44H,18-20H2,1-4H3,(H,43,46)(H,47,48)(H,49,50)/t31?,32-,34+,39-/m0/s1. The number of amides is 1. The van der Waals surface area contributed by atoms with Crippen molar-refractivity contribution in [3.63, 3.8) is 0 Å². The highest BCUT2D eigenvalue weighted by Gasteiger charge is 2.63. The number of aromatic carboxylic acids is 2. The van der Waals surface area contributed by atoms with Crippen molar-refractivity contribution in [2.24, 2.45) is 5.41 Å². The number of rotatable bonds is 9. The Hall–Kier alpha value is -4.64. The fourth-order valence-corrected chi connectivity index (χ4v) is 8.18. The summed E-state index contributed by atoms with van der Waals surface area (Å²) in [4.78, 5) is 40.5. The van der Waals surface area contributed by atoms with E-state index in [2.05, 4.69) is 36.3 Å². The monoisotopic (exact) mass is 733 g/mol. The van der Waals surface area contributed by atoms with Crippen LogP contribution in [0.4, 0.5) is 15.8 Å². The van der Waals surface area contributed by atoms with Crippen molar-refractivity contribution in [2.75, 3.05) is 23.9 Å². The third-order valence-electron chi connectivity index (χ3n) is 9.88. The average molecular weight is 735 g/mol. The van der Waals surface area contributed by atoms with Crippen LogP contribution in [-0.2, 0) is 16.8 Å². The average Bonchev–Trinajstić information content (AvgIpc) is 3.55. The number of fused-ring (bicyclic) bond motifs is 2. The molecule has 4 aromatic rings. The highest BCUT2D eigenvalue weighted by Crippen LogP contribution is 2.58. The maximum absolute atomic E-state index is 16.4. The molecule has 12 heteroatoms. The normalized spacial score (nSPS) is 21.1. The van der Waals surface area contributed by atoms with Gasteiger partial charge in [0, 0.05) is 41.2 Å². The number of nitrogens with zero attached hydrogens (tertiary/aromatic N) is 1. The molecule has 1 saturated heterocycles. The highest BCUT2D eigenvalue weighted by atomic mass is 35.5. The van der Waals surface area contributed by atoms with Crippen molar-refractivity contribution in [3.05, 3.63) is 123 Å². The molecule has 266 valence electrons. The molecule has 0 aliphatic carbocycles. The van der Waals surface area contributed by atoms with Crippen LogP contribution in [0.3, 0.4) is 0 Å². The summed E-state index contributed by atoms with van der Waals surface area (Å²) in [5, 5.41) is 26.4. The Morgan fingerprint density at radius 3 is 2.43 bits per heavy atom. The van der Waals surface area contributed by atoms with Gasteiger partial charge in [-0.25, -0.2) is 14.0 Å². The van der Waals surface area contributed by atoms with Crippen LogP contribution >= 0.6 is 23.2 Å². The molecule has 4 aromatic carbocycles. The number of hydrogen-bond acceptors (Lipinski definition) is 6. The lowest BCUT2D eigenvalue weighted by atomic mass is 9.63.